The Morgan fingerprint density at radius 3 is 2.11 bits per heavy atom. The molecule has 0 unspecified atom stereocenters. The average Bonchev–Trinajstić information content (AvgIpc) is 1.59. The van der Waals surface area contributed by atoms with Gasteiger partial charge < -0.3 is 4.74 Å². The molecule has 0 aromatic rings. The molecule has 0 aliphatic carbocycles. The van der Waals surface area contributed by atoms with Gasteiger partial charge in [0.25, 0.3) is 0 Å². The number of hydrogen-bond donors (Lipinski definition) is 0. The summed E-state index contributed by atoms with van der Waals surface area (Å²) in [7, 11) is 1.69. The second-order valence-electron chi connectivity index (χ2n) is 2.02. The SMILES string of the molecule is CN1CC(=O)OC(=O)C1. The summed E-state index contributed by atoms with van der Waals surface area (Å²) in [5, 5.41) is 0. The van der Waals surface area contributed by atoms with Gasteiger partial charge in [-0.15, -0.1) is 0 Å². The minimum Gasteiger partial charge on any atom is -0.391 e. The third-order valence-corrected chi connectivity index (χ3v) is 1.03. The zero-order chi connectivity index (χ0) is 6.85. The fraction of sp³-hybridized carbons (Fsp3) is 0.600. The monoisotopic (exact) mass is 129 g/mol. The molecule has 0 amide bonds. The molecule has 0 bridgehead atoms. The molecule has 1 heterocycles. The zero-order valence-electron chi connectivity index (χ0n) is 5.09. The number of rotatable bonds is 0. The van der Waals surface area contributed by atoms with E-state index in [1.807, 2.05) is 0 Å². The Hall–Kier alpha value is -0.900. The second kappa shape index (κ2) is 2.14. The number of esters is 2. The summed E-state index contributed by atoms with van der Waals surface area (Å²) < 4.78 is 4.24. The van der Waals surface area contributed by atoms with E-state index >= 15 is 0 Å². The van der Waals surface area contributed by atoms with Gasteiger partial charge >= 0.3 is 11.9 Å². The Morgan fingerprint density at radius 2 is 1.78 bits per heavy atom. The summed E-state index contributed by atoms with van der Waals surface area (Å²) in [5.74, 6) is -0.928. The molecule has 4 nitrogen and oxygen atoms in total. The van der Waals surface area contributed by atoms with Crippen LogP contribution < -0.4 is 0 Å². The number of cyclic esters (lactones) is 2. The number of nitrogens with zero attached hydrogens (tertiary/aromatic N) is 1. The molecule has 9 heavy (non-hydrogen) atoms. The molecule has 0 aromatic heterocycles. The van der Waals surface area contributed by atoms with Gasteiger partial charge in [0.05, 0.1) is 13.1 Å². The molecular formula is C5H7NO3. The van der Waals surface area contributed by atoms with E-state index < -0.39 is 11.9 Å². The minimum absolute atomic E-state index is 0.214. The number of likely N-dealkylation sites (N-methyl/N-ethyl adjacent to an activating group) is 1. The molecule has 4 heteroatoms. The van der Waals surface area contributed by atoms with Gasteiger partial charge in [0.15, 0.2) is 0 Å². The van der Waals surface area contributed by atoms with E-state index in [0.717, 1.165) is 0 Å². The van der Waals surface area contributed by atoms with Crippen molar-refractivity contribution in [3.8, 4) is 0 Å². The van der Waals surface area contributed by atoms with Gasteiger partial charge in [-0.2, -0.15) is 0 Å². The lowest BCUT2D eigenvalue weighted by Crippen LogP contribution is -2.40. The first kappa shape index (κ1) is 6.22. The van der Waals surface area contributed by atoms with E-state index in [2.05, 4.69) is 4.74 Å². The van der Waals surface area contributed by atoms with Crippen molar-refractivity contribution in [3.05, 3.63) is 0 Å². The third-order valence-electron chi connectivity index (χ3n) is 1.03. The lowest BCUT2D eigenvalue weighted by atomic mass is 10.4. The van der Waals surface area contributed by atoms with Crippen molar-refractivity contribution in [2.75, 3.05) is 20.1 Å². The van der Waals surface area contributed by atoms with E-state index in [4.69, 9.17) is 0 Å². The Labute approximate surface area is 52.4 Å². The van der Waals surface area contributed by atoms with Crippen LogP contribution in [0.2, 0.25) is 0 Å². The van der Waals surface area contributed by atoms with Crippen LogP contribution in [0.5, 0.6) is 0 Å². The Kier molecular flexibility index (Phi) is 1.48. The number of ether oxygens (including phenoxy) is 1. The Morgan fingerprint density at radius 1 is 1.33 bits per heavy atom. The molecule has 0 atom stereocenters. The lowest BCUT2D eigenvalue weighted by Gasteiger charge is -2.18. The van der Waals surface area contributed by atoms with E-state index in [1.165, 1.54) is 0 Å². The highest BCUT2D eigenvalue weighted by molar-refractivity contribution is 5.89. The maximum Gasteiger partial charge on any atom is 0.327 e. The van der Waals surface area contributed by atoms with Gasteiger partial charge in [-0.25, -0.2) is 0 Å². The van der Waals surface area contributed by atoms with Gasteiger partial charge in [-0.05, 0) is 7.05 Å². The van der Waals surface area contributed by atoms with Crippen LogP contribution in [0.3, 0.4) is 0 Å². The highest BCUT2D eigenvalue weighted by Gasteiger charge is 2.20. The number of carbonyl (C=O) groups excluding carboxylic acids is 2. The first-order valence-electron chi connectivity index (χ1n) is 2.60. The van der Waals surface area contributed by atoms with E-state index in [1.54, 1.807) is 11.9 Å². The normalized spacial score (nSPS) is 21.9. The van der Waals surface area contributed by atoms with Crippen LogP contribution in [0.25, 0.3) is 0 Å². The van der Waals surface area contributed by atoms with Crippen molar-refractivity contribution in [3.63, 3.8) is 0 Å². The van der Waals surface area contributed by atoms with Gasteiger partial charge in [0.2, 0.25) is 0 Å². The molecule has 0 saturated carbocycles. The van der Waals surface area contributed by atoms with E-state index in [0.29, 0.717) is 0 Å². The second-order valence-corrected chi connectivity index (χ2v) is 2.02. The minimum atomic E-state index is -0.464. The van der Waals surface area contributed by atoms with Crippen LogP contribution in [-0.2, 0) is 14.3 Å². The Balaban J connectivity index is 2.53. The van der Waals surface area contributed by atoms with Gasteiger partial charge in [0, 0.05) is 0 Å². The summed E-state index contributed by atoms with van der Waals surface area (Å²) in [6.07, 6.45) is 0. The maximum absolute atomic E-state index is 10.4. The molecule has 1 aliphatic rings. The predicted molar refractivity (Wildman–Crippen MR) is 28.6 cm³/mol. The third kappa shape index (κ3) is 1.50. The summed E-state index contributed by atoms with van der Waals surface area (Å²) in [4.78, 5) is 22.4. The molecule has 0 aromatic carbocycles. The summed E-state index contributed by atoms with van der Waals surface area (Å²) in [6, 6.07) is 0. The van der Waals surface area contributed by atoms with Crippen LogP contribution in [0.1, 0.15) is 0 Å². The van der Waals surface area contributed by atoms with Crippen molar-refractivity contribution < 1.29 is 14.3 Å². The summed E-state index contributed by atoms with van der Waals surface area (Å²) >= 11 is 0. The number of morpholine rings is 1. The van der Waals surface area contributed by atoms with Crippen molar-refractivity contribution in [2.24, 2.45) is 0 Å². The van der Waals surface area contributed by atoms with Gasteiger partial charge in [-0.3, -0.25) is 14.5 Å². The fourth-order valence-electron chi connectivity index (χ4n) is 0.688. The highest BCUT2D eigenvalue weighted by atomic mass is 16.6. The van der Waals surface area contributed by atoms with Crippen LogP contribution in [0.15, 0.2) is 0 Å². The van der Waals surface area contributed by atoms with Gasteiger partial charge in [-0.1, -0.05) is 0 Å². The molecule has 0 spiro atoms. The van der Waals surface area contributed by atoms with E-state index in [-0.39, 0.29) is 13.1 Å². The smallest absolute Gasteiger partial charge is 0.327 e. The fourth-order valence-corrected chi connectivity index (χ4v) is 0.688. The van der Waals surface area contributed by atoms with Crippen molar-refractivity contribution in [1.82, 2.24) is 4.90 Å². The van der Waals surface area contributed by atoms with Crippen molar-refractivity contribution in [1.29, 1.82) is 0 Å². The molecule has 1 rings (SSSR count). The number of carbonyl (C=O) groups is 2. The first-order chi connectivity index (χ1) is 4.18. The van der Waals surface area contributed by atoms with Crippen LogP contribution in [-0.4, -0.2) is 37.0 Å². The summed E-state index contributed by atoms with van der Waals surface area (Å²) in [6.45, 7) is 0.428. The summed E-state index contributed by atoms with van der Waals surface area (Å²) in [5.41, 5.74) is 0. The van der Waals surface area contributed by atoms with E-state index in [9.17, 15) is 9.59 Å². The van der Waals surface area contributed by atoms with Crippen LogP contribution in [0.4, 0.5) is 0 Å². The number of hydrogen-bond acceptors (Lipinski definition) is 4. The van der Waals surface area contributed by atoms with Crippen molar-refractivity contribution in [2.45, 2.75) is 0 Å². The molecule has 50 valence electrons. The largest absolute Gasteiger partial charge is 0.391 e. The highest BCUT2D eigenvalue weighted by Crippen LogP contribution is 1.94. The van der Waals surface area contributed by atoms with Crippen LogP contribution in [0, 0.1) is 0 Å². The molecule has 1 saturated heterocycles. The molecule has 0 radical (unpaired) electrons. The maximum atomic E-state index is 10.4. The zero-order valence-corrected chi connectivity index (χ0v) is 5.09. The topological polar surface area (TPSA) is 46.6 Å². The quantitative estimate of drug-likeness (QED) is 0.311. The van der Waals surface area contributed by atoms with Crippen molar-refractivity contribution >= 4 is 11.9 Å². The molecule has 0 N–H and O–H groups in total. The molecule has 1 aliphatic heterocycles. The van der Waals surface area contributed by atoms with Gasteiger partial charge in [0.1, 0.15) is 0 Å². The first-order valence-corrected chi connectivity index (χ1v) is 2.60. The molecule has 1 fully saturated rings. The van der Waals surface area contributed by atoms with Crippen LogP contribution >= 0.6 is 0 Å². The molecular weight excluding hydrogens is 122 g/mol. The standard InChI is InChI=1S/C5H7NO3/c1-6-2-4(7)9-5(8)3-6/h2-3H2,1H3. The lowest BCUT2D eigenvalue weighted by molar-refractivity contribution is -0.165. The predicted octanol–water partition coefficient (Wildman–Crippen LogP) is -0.998. The Bertz CT molecular complexity index is 138. The average molecular weight is 129 g/mol.